The Morgan fingerprint density at radius 3 is 2.79 bits per heavy atom. The Morgan fingerprint density at radius 1 is 1.11 bits per heavy atom. The fraction of sp³-hybridized carbons (Fsp3) is 0. The molecule has 0 amide bonds. The molecule has 0 atom stereocenters. The molecule has 19 heavy (non-hydrogen) atoms. The molecule has 2 aromatic carbocycles. The summed E-state index contributed by atoms with van der Waals surface area (Å²) in [7, 11) is 0. The number of nitrogens with two attached hydrogens (primary N) is 1. The minimum absolute atomic E-state index is 0.0800. The molecule has 0 spiro atoms. The smallest absolute Gasteiger partial charge is 0.246 e. The topological polar surface area (TPSA) is 61.0 Å². The van der Waals surface area contributed by atoms with Gasteiger partial charge in [-0.25, -0.2) is 4.39 Å². The van der Waals surface area contributed by atoms with E-state index in [9.17, 15) is 4.39 Å². The fourth-order valence-electron chi connectivity index (χ4n) is 1.76. The summed E-state index contributed by atoms with van der Waals surface area (Å²) in [5.74, 6) is 0.144. The molecule has 0 unspecified atom stereocenters. The summed E-state index contributed by atoms with van der Waals surface area (Å²) >= 11 is 0. The third kappa shape index (κ3) is 2.18. The Hall–Kier alpha value is -2.69. The van der Waals surface area contributed by atoms with E-state index in [4.69, 9.17) is 10.5 Å². The average molecular weight is 255 g/mol. The predicted octanol–water partition coefficient (Wildman–Crippen LogP) is 3.14. The third-order valence-electron chi connectivity index (χ3n) is 2.72. The number of hydrogen-bond acceptors (Lipinski definition) is 4. The second-order valence-corrected chi connectivity index (χ2v) is 4.02. The number of nitrogens with zero attached hydrogens (tertiary/aromatic N) is 2. The van der Waals surface area contributed by atoms with Gasteiger partial charge in [0, 0.05) is 16.8 Å². The van der Waals surface area contributed by atoms with Crippen molar-refractivity contribution in [3.8, 4) is 11.6 Å². The van der Waals surface area contributed by atoms with E-state index in [-0.39, 0.29) is 5.69 Å². The van der Waals surface area contributed by atoms with Gasteiger partial charge in [0.05, 0.1) is 11.9 Å². The van der Waals surface area contributed by atoms with Crippen LogP contribution in [0.2, 0.25) is 0 Å². The van der Waals surface area contributed by atoms with Gasteiger partial charge in [-0.05, 0) is 18.2 Å². The van der Waals surface area contributed by atoms with Gasteiger partial charge in [-0.2, -0.15) is 5.10 Å². The van der Waals surface area contributed by atoms with Gasteiger partial charge >= 0.3 is 0 Å². The first-order valence-corrected chi connectivity index (χ1v) is 5.67. The molecule has 1 aromatic heterocycles. The van der Waals surface area contributed by atoms with E-state index in [1.807, 2.05) is 24.3 Å². The standard InChI is InChI=1S/C14H10FN3O/c15-12-7-10(5-6-13(12)16)19-14-11-4-2-1-3-9(11)8-17-18-14/h1-8H,16H2. The van der Waals surface area contributed by atoms with Crippen LogP contribution >= 0.6 is 0 Å². The largest absolute Gasteiger partial charge is 0.437 e. The summed E-state index contributed by atoms with van der Waals surface area (Å²) in [6.45, 7) is 0. The molecule has 3 aromatic rings. The number of anilines is 1. The van der Waals surface area contributed by atoms with Crippen LogP contribution in [-0.2, 0) is 0 Å². The van der Waals surface area contributed by atoms with E-state index < -0.39 is 5.82 Å². The summed E-state index contributed by atoms with van der Waals surface area (Å²) < 4.78 is 18.9. The molecule has 0 bridgehead atoms. The molecular weight excluding hydrogens is 245 g/mol. The minimum Gasteiger partial charge on any atom is -0.437 e. The summed E-state index contributed by atoms with van der Waals surface area (Å²) in [5, 5.41) is 9.50. The lowest BCUT2D eigenvalue weighted by atomic mass is 10.2. The third-order valence-corrected chi connectivity index (χ3v) is 2.72. The summed E-state index contributed by atoms with van der Waals surface area (Å²) in [6.07, 6.45) is 1.64. The van der Waals surface area contributed by atoms with E-state index in [1.54, 1.807) is 12.3 Å². The van der Waals surface area contributed by atoms with Crippen LogP contribution in [0.4, 0.5) is 10.1 Å². The second-order valence-electron chi connectivity index (χ2n) is 4.02. The number of halogens is 1. The maximum Gasteiger partial charge on any atom is 0.246 e. The van der Waals surface area contributed by atoms with Crippen LogP contribution in [0.15, 0.2) is 48.7 Å². The normalized spacial score (nSPS) is 10.6. The number of nitrogen functional groups attached to an aromatic ring is 1. The Kier molecular flexibility index (Phi) is 2.72. The van der Waals surface area contributed by atoms with Crippen LogP contribution in [0.3, 0.4) is 0 Å². The Balaban J connectivity index is 2.03. The first-order valence-electron chi connectivity index (χ1n) is 5.67. The molecule has 3 rings (SSSR count). The SMILES string of the molecule is Nc1ccc(Oc2nncc3ccccc23)cc1F. The monoisotopic (exact) mass is 255 g/mol. The van der Waals surface area contributed by atoms with Gasteiger partial charge in [0.1, 0.15) is 11.6 Å². The molecule has 4 nitrogen and oxygen atoms in total. The quantitative estimate of drug-likeness (QED) is 0.714. The van der Waals surface area contributed by atoms with Crippen LogP contribution in [0, 0.1) is 5.82 Å². The number of ether oxygens (including phenoxy) is 1. The zero-order chi connectivity index (χ0) is 13.2. The van der Waals surface area contributed by atoms with Gasteiger partial charge in [-0.15, -0.1) is 5.10 Å². The molecule has 0 saturated carbocycles. The van der Waals surface area contributed by atoms with Crippen molar-refractivity contribution >= 4 is 16.5 Å². The van der Waals surface area contributed by atoms with Gasteiger partial charge in [0.2, 0.25) is 5.88 Å². The maximum atomic E-state index is 13.4. The number of aromatic nitrogens is 2. The molecule has 0 fully saturated rings. The zero-order valence-electron chi connectivity index (χ0n) is 9.88. The van der Waals surface area contributed by atoms with Crippen molar-refractivity contribution in [3.05, 3.63) is 54.5 Å². The van der Waals surface area contributed by atoms with Crippen molar-refractivity contribution in [1.82, 2.24) is 10.2 Å². The van der Waals surface area contributed by atoms with Crippen molar-refractivity contribution in [2.24, 2.45) is 0 Å². The number of fused-ring (bicyclic) bond motifs is 1. The van der Waals surface area contributed by atoms with Crippen LogP contribution in [0.5, 0.6) is 11.6 Å². The van der Waals surface area contributed by atoms with Gasteiger partial charge < -0.3 is 10.5 Å². The highest BCUT2D eigenvalue weighted by Crippen LogP contribution is 2.28. The molecule has 0 saturated heterocycles. The fourth-order valence-corrected chi connectivity index (χ4v) is 1.76. The Morgan fingerprint density at radius 2 is 1.95 bits per heavy atom. The second kappa shape index (κ2) is 4.53. The number of hydrogen-bond donors (Lipinski definition) is 1. The van der Waals surface area contributed by atoms with Crippen molar-refractivity contribution in [2.45, 2.75) is 0 Å². The molecule has 0 radical (unpaired) electrons. The first kappa shape index (κ1) is 11.4. The molecule has 5 heteroatoms. The number of benzene rings is 2. The van der Waals surface area contributed by atoms with E-state index in [0.29, 0.717) is 11.6 Å². The van der Waals surface area contributed by atoms with Gasteiger partial charge in [-0.1, -0.05) is 18.2 Å². The van der Waals surface area contributed by atoms with Gasteiger partial charge in [-0.3, -0.25) is 0 Å². The molecule has 94 valence electrons. The molecular formula is C14H10FN3O. The van der Waals surface area contributed by atoms with Gasteiger partial charge in [0.15, 0.2) is 0 Å². The Labute approximate surface area is 108 Å². The summed E-state index contributed by atoms with van der Waals surface area (Å²) in [6, 6.07) is 11.8. The molecule has 0 aliphatic carbocycles. The lowest BCUT2D eigenvalue weighted by Crippen LogP contribution is -1.94. The minimum atomic E-state index is -0.523. The van der Waals surface area contributed by atoms with Crippen LogP contribution in [0.1, 0.15) is 0 Å². The lowest BCUT2D eigenvalue weighted by molar-refractivity contribution is 0.457. The number of rotatable bonds is 2. The van der Waals surface area contributed by atoms with E-state index in [0.717, 1.165) is 10.8 Å². The molecule has 0 aliphatic rings. The predicted molar refractivity (Wildman–Crippen MR) is 70.4 cm³/mol. The summed E-state index contributed by atoms with van der Waals surface area (Å²) in [4.78, 5) is 0. The van der Waals surface area contributed by atoms with Crippen molar-refractivity contribution in [2.75, 3.05) is 5.73 Å². The van der Waals surface area contributed by atoms with E-state index in [1.165, 1.54) is 12.1 Å². The molecule has 2 N–H and O–H groups in total. The molecule has 0 aliphatic heterocycles. The van der Waals surface area contributed by atoms with E-state index >= 15 is 0 Å². The molecule has 1 heterocycles. The zero-order valence-corrected chi connectivity index (χ0v) is 9.88. The van der Waals surface area contributed by atoms with E-state index in [2.05, 4.69) is 10.2 Å². The Bertz CT molecular complexity index is 740. The van der Waals surface area contributed by atoms with Crippen LogP contribution in [0.25, 0.3) is 10.8 Å². The van der Waals surface area contributed by atoms with Crippen LogP contribution < -0.4 is 10.5 Å². The van der Waals surface area contributed by atoms with Crippen molar-refractivity contribution in [3.63, 3.8) is 0 Å². The first-order chi connectivity index (χ1) is 9.24. The maximum absolute atomic E-state index is 13.4. The van der Waals surface area contributed by atoms with Gasteiger partial charge in [0.25, 0.3) is 0 Å². The highest BCUT2D eigenvalue weighted by atomic mass is 19.1. The van der Waals surface area contributed by atoms with Crippen molar-refractivity contribution < 1.29 is 9.13 Å². The lowest BCUT2D eigenvalue weighted by Gasteiger charge is -2.07. The highest BCUT2D eigenvalue weighted by Gasteiger charge is 2.07. The summed E-state index contributed by atoms with van der Waals surface area (Å²) in [5.41, 5.74) is 5.49. The van der Waals surface area contributed by atoms with Crippen molar-refractivity contribution in [1.29, 1.82) is 0 Å². The highest BCUT2D eigenvalue weighted by molar-refractivity contribution is 5.85. The van der Waals surface area contributed by atoms with Crippen LogP contribution in [-0.4, -0.2) is 10.2 Å². The average Bonchev–Trinajstić information content (AvgIpc) is 2.43.